The van der Waals surface area contributed by atoms with Crippen LogP contribution in [0.25, 0.3) is 0 Å². The molecular weight excluding hydrogens is 258 g/mol. The molecule has 0 unspecified atom stereocenters. The zero-order chi connectivity index (χ0) is 15.5. The van der Waals surface area contributed by atoms with Gasteiger partial charge in [-0.3, -0.25) is 4.98 Å². The first kappa shape index (κ1) is 16.5. The molecule has 1 amide bonds. The van der Waals surface area contributed by atoms with Crippen LogP contribution in [0.1, 0.15) is 46.4 Å². The molecule has 0 aliphatic heterocycles. The van der Waals surface area contributed by atoms with Crippen LogP contribution in [0.3, 0.4) is 0 Å². The van der Waals surface area contributed by atoms with E-state index in [1.54, 1.807) is 18.8 Å². The maximum absolute atomic E-state index is 13.3. The second-order valence-electron chi connectivity index (χ2n) is 5.80. The molecule has 0 aliphatic rings. The van der Waals surface area contributed by atoms with Crippen molar-refractivity contribution in [2.45, 2.75) is 46.3 Å². The van der Waals surface area contributed by atoms with Gasteiger partial charge in [-0.25, -0.2) is 9.18 Å². The van der Waals surface area contributed by atoms with E-state index in [0.29, 0.717) is 17.7 Å². The summed E-state index contributed by atoms with van der Waals surface area (Å²) < 4.78 is 18.6. The Hall–Kier alpha value is -1.59. The highest BCUT2D eigenvalue weighted by Crippen LogP contribution is 2.20. The third-order valence-electron chi connectivity index (χ3n) is 2.93. The Balaban J connectivity index is 2.93. The van der Waals surface area contributed by atoms with Gasteiger partial charge in [-0.15, -0.1) is 0 Å². The lowest BCUT2D eigenvalue weighted by Gasteiger charge is -2.30. The highest BCUT2D eigenvalue weighted by atomic mass is 19.1. The van der Waals surface area contributed by atoms with Crippen LogP contribution in [0.15, 0.2) is 12.3 Å². The molecule has 1 atom stereocenters. The van der Waals surface area contributed by atoms with Crippen molar-refractivity contribution in [2.75, 3.05) is 6.54 Å². The van der Waals surface area contributed by atoms with Gasteiger partial charge in [0.2, 0.25) is 0 Å². The number of ether oxygens (including phenoxy) is 1. The molecule has 4 nitrogen and oxygen atoms in total. The van der Waals surface area contributed by atoms with Crippen LogP contribution >= 0.6 is 0 Å². The Kier molecular flexibility index (Phi) is 5.14. The second-order valence-corrected chi connectivity index (χ2v) is 5.80. The zero-order valence-electron chi connectivity index (χ0n) is 13.0. The summed E-state index contributed by atoms with van der Waals surface area (Å²) in [5.41, 5.74) is 0.620. The van der Waals surface area contributed by atoms with E-state index in [0.717, 1.165) is 0 Å². The monoisotopic (exact) mass is 280 g/mol. The van der Waals surface area contributed by atoms with Gasteiger partial charge in [-0.05, 0) is 40.7 Å². The summed E-state index contributed by atoms with van der Waals surface area (Å²) in [5, 5.41) is 0. The third-order valence-corrected chi connectivity index (χ3v) is 2.93. The molecule has 0 N–H and O–H groups in total. The van der Waals surface area contributed by atoms with E-state index in [9.17, 15) is 9.18 Å². The largest absolute Gasteiger partial charge is 0.444 e. The minimum atomic E-state index is -0.545. The van der Waals surface area contributed by atoms with Gasteiger partial charge >= 0.3 is 6.09 Å². The van der Waals surface area contributed by atoms with Crippen LogP contribution in [0.4, 0.5) is 9.18 Å². The summed E-state index contributed by atoms with van der Waals surface area (Å²) in [7, 11) is 1.68. The van der Waals surface area contributed by atoms with E-state index in [4.69, 9.17) is 4.74 Å². The molecule has 1 aromatic heterocycles. The fourth-order valence-electron chi connectivity index (χ4n) is 1.83. The molecule has 20 heavy (non-hydrogen) atoms. The molecule has 0 bridgehead atoms. The molecule has 0 saturated carbocycles. The number of carbonyl (C=O) groups excluding carboxylic acids is 1. The van der Waals surface area contributed by atoms with Crippen molar-refractivity contribution in [3.63, 3.8) is 0 Å². The number of pyridine rings is 1. The summed E-state index contributed by atoms with van der Waals surface area (Å²) in [5.74, 6) is -0.346. The van der Waals surface area contributed by atoms with Crippen LogP contribution in [-0.2, 0) is 4.74 Å². The van der Waals surface area contributed by atoms with Crippen LogP contribution in [-0.4, -0.2) is 36.0 Å². The van der Waals surface area contributed by atoms with E-state index >= 15 is 0 Å². The van der Waals surface area contributed by atoms with Gasteiger partial charge in [0.25, 0.3) is 0 Å². The Labute approximate surface area is 120 Å². The van der Waals surface area contributed by atoms with Crippen molar-refractivity contribution in [3.8, 4) is 0 Å². The Morgan fingerprint density at radius 3 is 2.60 bits per heavy atom. The molecule has 0 radical (unpaired) electrons. The SMILES string of the molecule is Bc1cc([C@@H](C)N(CC)C(=O)OC(C)(C)C)ncc1F. The Morgan fingerprint density at radius 1 is 1.55 bits per heavy atom. The molecule has 0 fully saturated rings. The van der Waals surface area contributed by atoms with Crippen molar-refractivity contribution < 1.29 is 13.9 Å². The summed E-state index contributed by atoms with van der Waals surface area (Å²) in [6.07, 6.45) is 0.792. The quantitative estimate of drug-likeness (QED) is 0.793. The van der Waals surface area contributed by atoms with Gasteiger partial charge < -0.3 is 9.64 Å². The minimum absolute atomic E-state index is 0.269. The lowest BCUT2D eigenvalue weighted by Crippen LogP contribution is -2.38. The Bertz CT molecular complexity index is 489. The van der Waals surface area contributed by atoms with Crippen LogP contribution < -0.4 is 5.46 Å². The molecule has 0 saturated heterocycles. The third kappa shape index (κ3) is 4.22. The number of hydrogen-bond donors (Lipinski definition) is 0. The topological polar surface area (TPSA) is 42.4 Å². The maximum atomic E-state index is 13.3. The normalized spacial score (nSPS) is 12.9. The summed E-state index contributed by atoms with van der Waals surface area (Å²) in [6.45, 7) is 9.69. The predicted molar refractivity (Wildman–Crippen MR) is 79.4 cm³/mol. The summed E-state index contributed by atoms with van der Waals surface area (Å²) >= 11 is 0. The first-order valence-corrected chi connectivity index (χ1v) is 6.77. The molecule has 1 heterocycles. The van der Waals surface area contributed by atoms with Crippen molar-refractivity contribution in [3.05, 3.63) is 23.8 Å². The first-order chi connectivity index (χ1) is 9.15. The number of amides is 1. The fourth-order valence-corrected chi connectivity index (χ4v) is 1.83. The average Bonchev–Trinajstić information content (AvgIpc) is 2.31. The van der Waals surface area contributed by atoms with Crippen LogP contribution in [0, 0.1) is 5.82 Å². The molecular formula is C14H22BFN2O2. The van der Waals surface area contributed by atoms with Gasteiger partial charge in [0.05, 0.1) is 17.9 Å². The molecule has 0 aromatic carbocycles. The van der Waals surface area contributed by atoms with Crippen molar-refractivity contribution >= 4 is 19.4 Å². The van der Waals surface area contributed by atoms with E-state index in [2.05, 4.69) is 4.98 Å². The fraction of sp³-hybridized carbons (Fsp3) is 0.571. The number of hydrogen-bond acceptors (Lipinski definition) is 3. The van der Waals surface area contributed by atoms with Gasteiger partial charge in [-0.2, -0.15) is 0 Å². The van der Waals surface area contributed by atoms with E-state index in [1.807, 2.05) is 34.6 Å². The molecule has 6 heteroatoms. The Morgan fingerprint density at radius 2 is 2.15 bits per heavy atom. The van der Waals surface area contributed by atoms with E-state index in [-0.39, 0.29) is 11.9 Å². The van der Waals surface area contributed by atoms with Gasteiger partial charge in [0, 0.05) is 6.54 Å². The number of nitrogens with zero attached hydrogens (tertiary/aromatic N) is 2. The molecule has 1 aromatic rings. The molecule has 0 spiro atoms. The van der Waals surface area contributed by atoms with Crippen molar-refractivity contribution in [1.82, 2.24) is 9.88 Å². The minimum Gasteiger partial charge on any atom is -0.444 e. The molecule has 110 valence electrons. The van der Waals surface area contributed by atoms with E-state index < -0.39 is 11.7 Å². The first-order valence-electron chi connectivity index (χ1n) is 6.77. The highest BCUT2D eigenvalue weighted by Gasteiger charge is 2.26. The van der Waals surface area contributed by atoms with Gasteiger partial charge in [0.1, 0.15) is 19.3 Å². The predicted octanol–water partition coefficient (Wildman–Crippen LogP) is 1.80. The smallest absolute Gasteiger partial charge is 0.410 e. The van der Waals surface area contributed by atoms with E-state index in [1.165, 1.54) is 6.20 Å². The summed E-state index contributed by atoms with van der Waals surface area (Å²) in [6, 6.07) is 1.39. The van der Waals surface area contributed by atoms with Crippen LogP contribution in [0.5, 0.6) is 0 Å². The lowest BCUT2D eigenvalue weighted by molar-refractivity contribution is 0.0182. The standard InChI is InChI=1S/C14H22BFN2O2/c1-6-18(13(19)20-14(3,4)5)9(2)12-7-10(15)11(16)8-17-12/h7-9H,6,15H2,1-5H3/t9-/m1/s1. The highest BCUT2D eigenvalue weighted by molar-refractivity contribution is 6.32. The maximum Gasteiger partial charge on any atom is 0.410 e. The van der Waals surface area contributed by atoms with Gasteiger partial charge in [0.15, 0.2) is 0 Å². The number of rotatable bonds is 3. The molecule has 1 rings (SSSR count). The lowest BCUT2D eigenvalue weighted by atomic mass is 9.95. The van der Waals surface area contributed by atoms with Crippen molar-refractivity contribution in [2.24, 2.45) is 0 Å². The van der Waals surface area contributed by atoms with Crippen LogP contribution in [0.2, 0.25) is 0 Å². The van der Waals surface area contributed by atoms with Crippen molar-refractivity contribution in [1.29, 1.82) is 0 Å². The number of halogens is 1. The second kappa shape index (κ2) is 6.24. The summed E-state index contributed by atoms with van der Waals surface area (Å²) in [4.78, 5) is 17.8. The zero-order valence-corrected chi connectivity index (χ0v) is 13.0. The average molecular weight is 280 g/mol. The van der Waals surface area contributed by atoms with Gasteiger partial charge in [-0.1, -0.05) is 5.46 Å². The molecule has 0 aliphatic carbocycles. The number of aromatic nitrogens is 1. The number of carbonyl (C=O) groups is 1.